The number of halogens is 3. The highest BCUT2D eigenvalue weighted by Gasteiger charge is 2.16. The van der Waals surface area contributed by atoms with Crippen LogP contribution in [0.25, 0.3) is 0 Å². The van der Waals surface area contributed by atoms with Crippen LogP contribution >= 0.6 is 11.6 Å². The van der Waals surface area contributed by atoms with Crippen molar-refractivity contribution in [3.8, 4) is 0 Å². The molecule has 90 valence electrons. The third kappa shape index (κ3) is 2.48. The van der Waals surface area contributed by atoms with Gasteiger partial charge in [0.05, 0.1) is 6.26 Å². The van der Waals surface area contributed by atoms with Crippen LogP contribution in [0.4, 0.5) is 8.78 Å². The Balaban J connectivity index is 2.22. The Labute approximate surface area is 102 Å². The van der Waals surface area contributed by atoms with Crippen LogP contribution in [-0.4, -0.2) is 0 Å². The van der Waals surface area contributed by atoms with Gasteiger partial charge < -0.3 is 10.2 Å². The summed E-state index contributed by atoms with van der Waals surface area (Å²) in [5.74, 6) is -1.75. The second kappa shape index (κ2) is 4.85. The van der Waals surface area contributed by atoms with Crippen molar-refractivity contribution < 1.29 is 13.2 Å². The van der Waals surface area contributed by atoms with Crippen LogP contribution in [0.3, 0.4) is 0 Å². The van der Waals surface area contributed by atoms with Gasteiger partial charge in [0.2, 0.25) is 0 Å². The van der Waals surface area contributed by atoms with E-state index in [-0.39, 0.29) is 17.2 Å². The Morgan fingerprint density at radius 2 is 2.06 bits per heavy atom. The number of furan rings is 1. The molecule has 0 saturated carbocycles. The molecule has 0 radical (unpaired) electrons. The standard InChI is InChI=1S/C12H10ClF2NO/c13-12-8(4-5-17-12)10(16)6-7-2-1-3-9(14)11(7)15/h1-5,10H,6,16H2. The third-order valence-electron chi connectivity index (χ3n) is 2.52. The molecule has 0 fully saturated rings. The Kier molecular flexibility index (Phi) is 3.45. The lowest BCUT2D eigenvalue weighted by Crippen LogP contribution is -2.14. The van der Waals surface area contributed by atoms with Gasteiger partial charge in [-0.15, -0.1) is 0 Å². The predicted molar refractivity (Wildman–Crippen MR) is 60.7 cm³/mol. The molecule has 1 aromatic heterocycles. The molecule has 2 aromatic rings. The fraction of sp³-hybridized carbons (Fsp3) is 0.167. The van der Waals surface area contributed by atoms with E-state index in [1.165, 1.54) is 18.4 Å². The van der Waals surface area contributed by atoms with Crippen LogP contribution in [0.5, 0.6) is 0 Å². The summed E-state index contributed by atoms with van der Waals surface area (Å²) in [6, 6.07) is 5.08. The summed E-state index contributed by atoms with van der Waals surface area (Å²) in [6.07, 6.45) is 1.56. The van der Waals surface area contributed by atoms with Gasteiger partial charge >= 0.3 is 0 Å². The highest BCUT2D eigenvalue weighted by atomic mass is 35.5. The van der Waals surface area contributed by atoms with E-state index in [2.05, 4.69) is 0 Å². The smallest absolute Gasteiger partial charge is 0.197 e. The zero-order chi connectivity index (χ0) is 12.4. The highest BCUT2D eigenvalue weighted by Crippen LogP contribution is 2.26. The Hall–Kier alpha value is -1.39. The van der Waals surface area contributed by atoms with E-state index in [0.29, 0.717) is 5.56 Å². The van der Waals surface area contributed by atoms with E-state index < -0.39 is 17.7 Å². The average molecular weight is 258 g/mol. The van der Waals surface area contributed by atoms with Gasteiger partial charge in [0, 0.05) is 11.6 Å². The first-order chi connectivity index (χ1) is 8.09. The van der Waals surface area contributed by atoms with Crippen LogP contribution in [0.1, 0.15) is 17.2 Å². The number of rotatable bonds is 3. The summed E-state index contributed by atoms with van der Waals surface area (Å²) in [5, 5.41) is 0.175. The molecule has 1 aromatic carbocycles. The molecular formula is C12H10ClF2NO. The van der Waals surface area contributed by atoms with Crippen molar-refractivity contribution in [2.24, 2.45) is 5.73 Å². The van der Waals surface area contributed by atoms with Gasteiger partial charge in [0.1, 0.15) is 0 Å². The maximum absolute atomic E-state index is 13.4. The van der Waals surface area contributed by atoms with Crippen LogP contribution in [0, 0.1) is 11.6 Å². The van der Waals surface area contributed by atoms with Crippen LogP contribution < -0.4 is 5.73 Å². The second-order valence-electron chi connectivity index (χ2n) is 3.67. The quantitative estimate of drug-likeness (QED) is 0.915. The van der Waals surface area contributed by atoms with Crippen LogP contribution in [-0.2, 0) is 6.42 Å². The largest absolute Gasteiger partial charge is 0.453 e. The molecule has 0 amide bonds. The van der Waals surface area contributed by atoms with Gasteiger partial charge in [-0.05, 0) is 35.7 Å². The molecule has 0 saturated heterocycles. The summed E-state index contributed by atoms with van der Waals surface area (Å²) >= 11 is 5.76. The minimum absolute atomic E-state index is 0.156. The SMILES string of the molecule is NC(Cc1cccc(F)c1F)c1ccoc1Cl. The molecule has 2 N–H and O–H groups in total. The minimum atomic E-state index is -0.881. The van der Waals surface area contributed by atoms with Crippen molar-refractivity contribution in [3.05, 3.63) is 58.5 Å². The molecule has 5 heteroatoms. The number of hydrogen-bond acceptors (Lipinski definition) is 2. The molecule has 17 heavy (non-hydrogen) atoms. The van der Waals surface area contributed by atoms with Crippen LogP contribution in [0.15, 0.2) is 34.9 Å². The van der Waals surface area contributed by atoms with Crippen molar-refractivity contribution in [3.63, 3.8) is 0 Å². The van der Waals surface area contributed by atoms with E-state index >= 15 is 0 Å². The van der Waals surface area contributed by atoms with Crippen molar-refractivity contribution >= 4 is 11.6 Å². The first kappa shape index (κ1) is 12.1. The number of hydrogen-bond donors (Lipinski definition) is 1. The Morgan fingerprint density at radius 1 is 1.29 bits per heavy atom. The van der Waals surface area contributed by atoms with E-state index in [9.17, 15) is 8.78 Å². The lowest BCUT2D eigenvalue weighted by molar-refractivity contribution is 0.493. The maximum Gasteiger partial charge on any atom is 0.197 e. The van der Waals surface area contributed by atoms with Crippen molar-refractivity contribution in [2.45, 2.75) is 12.5 Å². The van der Waals surface area contributed by atoms with E-state index in [1.54, 1.807) is 6.07 Å². The summed E-state index contributed by atoms with van der Waals surface area (Å²) in [7, 11) is 0. The van der Waals surface area contributed by atoms with Crippen molar-refractivity contribution in [2.75, 3.05) is 0 Å². The van der Waals surface area contributed by atoms with Gasteiger partial charge in [0.25, 0.3) is 0 Å². The first-order valence-electron chi connectivity index (χ1n) is 5.01. The monoisotopic (exact) mass is 257 g/mol. The predicted octanol–water partition coefficient (Wildman–Crippen LogP) is 3.45. The third-order valence-corrected chi connectivity index (χ3v) is 2.82. The minimum Gasteiger partial charge on any atom is -0.453 e. The molecule has 1 atom stereocenters. The summed E-state index contributed by atoms with van der Waals surface area (Å²) in [6.45, 7) is 0. The molecule has 0 aliphatic heterocycles. The number of nitrogens with two attached hydrogens (primary N) is 1. The molecule has 0 spiro atoms. The average Bonchev–Trinajstić information content (AvgIpc) is 2.71. The van der Waals surface area contributed by atoms with E-state index in [4.69, 9.17) is 21.8 Å². The normalized spacial score (nSPS) is 12.7. The lowest BCUT2D eigenvalue weighted by Gasteiger charge is -2.11. The van der Waals surface area contributed by atoms with E-state index in [0.717, 1.165) is 6.07 Å². The molecule has 0 aliphatic carbocycles. The molecule has 0 aliphatic rings. The summed E-state index contributed by atoms with van der Waals surface area (Å²) < 4.78 is 31.3. The molecule has 1 unspecified atom stereocenters. The van der Waals surface area contributed by atoms with E-state index in [1.807, 2.05) is 0 Å². The van der Waals surface area contributed by atoms with Gasteiger partial charge in [-0.2, -0.15) is 0 Å². The molecule has 2 nitrogen and oxygen atoms in total. The van der Waals surface area contributed by atoms with Gasteiger partial charge in [-0.25, -0.2) is 8.78 Å². The van der Waals surface area contributed by atoms with Gasteiger partial charge in [-0.3, -0.25) is 0 Å². The van der Waals surface area contributed by atoms with Crippen molar-refractivity contribution in [1.29, 1.82) is 0 Å². The first-order valence-corrected chi connectivity index (χ1v) is 5.38. The summed E-state index contributed by atoms with van der Waals surface area (Å²) in [4.78, 5) is 0. The zero-order valence-corrected chi connectivity index (χ0v) is 9.55. The topological polar surface area (TPSA) is 39.2 Å². The molecule has 1 heterocycles. The Bertz CT molecular complexity index is 527. The maximum atomic E-state index is 13.4. The fourth-order valence-corrected chi connectivity index (χ4v) is 1.88. The summed E-state index contributed by atoms with van der Waals surface area (Å²) in [5.41, 5.74) is 6.65. The lowest BCUT2D eigenvalue weighted by atomic mass is 10.0. The fourth-order valence-electron chi connectivity index (χ4n) is 1.62. The van der Waals surface area contributed by atoms with Crippen LogP contribution in [0.2, 0.25) is 5.22 Å². The molecular weight excluding hydrogens is 248 g/mol. The van der Waals surface area contributed by atoms with Gasteiger partial charge in [-0.1, -0.05) is 12.1 Å². The van der Waals surface area contributed by atoms with Gasteiger partial charge in [0.15, 0.2) is 16.9 Å². The highest BCUT2D eigenvalue weighted by molar-refractivity contribution is 6.29. The zero-order valence-electron chi connectivity index (χ0n) is 8.79. The molecule has 0 bridgehead atoms. The molecule has 2 rings (SSSR count). The Morgan fingerprint density at radius 3 is 2.71 bits per heavy atom. The second-order valence-corrected chi connectivity index (χ2v) is 4.02. The number of benzene rings is 1. The van der Waals surface area contributed by atoms with Crippen molar-refractivity contribution in [1.82, 2.24) is 0 Å².